The highest BCUT2D eigenvalue weighted by Gasteiger charge is 2.20. The number of ether oxygens (including phenoxy) is 1. The Labute approximate surface area is 206 Å². The highest BCUT2D eigenvalue weighted by atomic mass is 16.5. The molecule has 5 rings (SSSR count). The van der Waals surface area contributed by atoms with Crippen molar-refractivity contribution in [2.45, 2.75) is 6.92 Å². The molecule has 8 nitrogen and oxygen atoms in total. The monoisotopic (exact) mass is 472 g/mol. The molecule has 0 saturated carbocycles. The Hall–Kier alpha value is -3.49. The molecule has 1 aromatic heterocycles. The minimum atomic E-state index is 0.0812. The van der Waals surface area contributed by atoms with Gasteiger partial charge in [-0.2, -0.15) is 0 Å². The van der Waals surface area contributed by atoms with E-state index in [9.17, 15) is 4.79 Å². The lowest BCUT2D eigenvalue weighted by Crippen LogP contribution is -2.47. The number of carbonyl (C=O) groups is 1. The Morgan fingerprint density at radius 1 is 0.886 bits per heavy atom. The molecule has 8 heteroatoms. The SMILES string of the molecule is Cc1cc(Nc2ccc(N3CCOCC3)cc2)nc(-c2ccc(C(=O)N3CCN(C)CC3)cc2)n1. The van der Waals surface area contributed by atoms with Crippen LogP contribution in [-0.4, -0.2) is 85.2 Å². The van der Waals surface area contributed by atoms with Gasteiger partial charge in [-0.15, -0.1) is 0 Å². The van der Waals surface area contributed by atoms with Crippen LogP contribution in [-0.2, 0) is 4.74 Å². The van der Waals surface area contributed by atoms with Crippen molar-refractivity contribution in [1.29, 1.82) is 0 Å². The van der Waals surface area contributed by atoms with Crippen molar-refractivity contribution >= 4 is 23.1 Å². The summed E-state index contributed by atoms with van der Waals surface area (Å²) in [6.45, 7) is 8.69. The molecule has 2 aliphatic rings. The minimum absolute atomic E-state index is 0.0812. The maximum absolute atomic E-state index is 12.8. The molecule has 3 heterocycles. The first kappa shape index (κ1) is 23.3. The van der Waals surface area contributed by atoms with E-state index < -0.39 is 0 Å². The van der Waals surface area contributed by atoms with Crippen LogP contribution in [0.3, 0.4) is 0 Å². The van der Waals surface area contributed by atoms with Gasteiger partial charge in [-0.3, -0.25) is 4.79 Å². The average molecular weight is 473 g/mol. The van der Waals surface area contributed by atoms with Crippen molar-refractivity contribution < 1.29 is 9.53 Å². The number of hydrogen-bond donors (Lipinski definition) is 1. The van der Waals surface area contributed by atoms with Gasteiger partial charge in [0, 0.05) is 73.5 Å². The highest BCUT2D eigenvalue weighted by molar-refractivity contribution is 5.94. The molecule has 3 aromatic rings. The summed E-state index contributed by atoms with van der Waals surface area (Å²) in [5, 5.41) is 3.40. The number of anilines is 3. The van der Waals surface area contributed by atoms with Gasteiger partial charge in [-0.05, 0) is 50.4 Å². The molecule has 0 aliphatic carbocycles. The van der Waals surface area contributed by atoms with Crippen LogP contribution in [0.5, 0.6) is 0 Å². The number of rotatable bonds is 5. The normalized spacial score (nSPS) is 16.9. The molecule has 0 bridgehead atoms. The summed E-state index contributed by atoms with van der Waals surface area (Å²) in [4.78, 5) is 28.7. The minimum Gasteiger partial charge on any atom is -0.378 e. The van der Waals surface area contributed by atoms with E-state index in [4.69, 9.17) is 9.72 Å². The number of nitrogens with zero attached hydrogens (tertiary/aromatic N) is 5. The molecule has 0 unspecified atom stereocenters. The van der Waals surface area contributed by atoms with Crippen molar-refractivity contribution in [1.82, 2.24) is 19.8 Å². The van der Waals surface area contributed by atoms with Gasteiger partial charge in [0.05, 0.1) is 13.2 Å². The zero-order valence-corrected chi connectivity index (χ0v) is 20.4. The van der Waals surface area contributed by atoms with Gasteiger partial charge in [0.1, 0.15) is 5.82 Å². The topological polar surface area (TPSA) is 73.8 Å². The lowest BCUT2D eigenvalue weighted by molar-refractivity contribution is 0.0664. The van der Waals surface area contributed by atoms with Gasteiger partial charge in [-0.1, -0.05) is 12.1 Å². The van der Waals surface area contributed by atoms with Crippen LogP contribution in [0.1, 0.15) is 16.1 Å². The standard InChI is InChI=1S/C27H32N6O2/c1-20-19-25(29-23-7-9-24(10-8-23)32-15-17-35-18-16-32)30-26(28-20)21-3-5-22(6-4-21)27(34)33-13-11-31(2)12-14-33/h3-10,19H,11-18H2,1-2H3,(H,28,29,30). The second-order valence-electron chi connectivity index (χ2n) is 9.16. The molecule has 35 heavy (non-hydrogen) atoms. The number of hydrogen-bond acceptors (Lipinski definition) is 7. The fraction of sp³-hybridized carbons (Fsp3) is 0.370. The predicted molar refractivity (Wildman–Crippen MR) is 138 cm³/mol. The second-order valence-corrected chi connectivity index (χ2v) is 9.16. The molecule has 0 atom stereocenters. The molecule has 2 aromatic carbocycles. The summed E-state index contributed by atoms with van der Waals surface area (Å²) in [6.07, 6.45) is 0. The number of nitrogens with one attached hydrogen (secondary N) is 1. The second kappa shape index (κ2) is 10.4. The maximum atomic E-state index is 12.8. The summed E-state index contributed by atoms with van der Waals surface area (Å²) >= 11 is 0. The molecule has 2 aliphatic heterocycles. The van der Waals surface area contributed by atoms with E-state index in [-0.39, 0.29) is 5.91 Å². The quantitative estimate of drug-likeness (QED) is 0.610. The fourth-order valence-electron chi connectivity index (χ4n) is 4.44. The molecular formula is C27H32N6O2. The van der Waals surface area contributed by atoms with Crippen molar-refractivity contribution in [2.24, 2.45) is 0 Å². The number of morpholine rings is 1. The first-order valence-electron chi connectivity index (χ1n) is 12.2. The van der Waals surface area contributed by atoms with E-state index in [1.165, 1.54) is 5.69 Å². The lowest BCUT2D eigenvalue weighted by atomic mass is 10.1. The molecule has 1 N–H and O–H groups in total. The van der Waals surface area contributed by atoms with E-state index in [0.717, 1.165) is 75.2 Å². The number of aromatic nitrogens is 2. The average Bonchev–Trinajstić information content (AvgIpc) is 2.89. The molecule has 182 valence electrons. The Morgan fingerprint density at radius 3 is 2.26 bits per heavy atom. The number of piperazine rings is 1. The van der Waals surface area contributed by atoms with E-state index in [1.807, 2.05) is 42.2 Å². The summed E-state index contributed by atoms with van der Waals surface area (Å²) in [7, 11) is 2.09. The summed E-state index contributed by atoms with van der Waals surface area (Å²) in [5.74, 6) is 1.46. The Bertz CT molecular complexity index is 1150. The summed E-state index contributed by atoms with van der Waals surface area (Å²) in [5.41, 5.74) is 4.63. The molecule has 0 spiro atoms. The number of carbonyl (C=O) groups excluding carboxylic acids is 1. The van der Waals surface area contributed by atoms with Gasteiger partial charge in [0.2, 0.25) is 0 Å². The van der Waals surface area contributed by atoms with Gasteiger partial charge >= 0.3 is 0 Å². The van der Waals surface area contributed by atoms with Crippen LogP contribution < -0.4 is 10.2 Å². The van der Waals surface area contributed by atoms with Gasteiger partial charge in [0.15, 0.2) is 5.82 Å². The largest absolute Gasteiger partial charge is 0.378 e. The van der Waals surface area contributed by atoms with E-state index >= 15 is 0 Å². The van der Waals surface area contributed by atoms with E-state index in [2.05, 4.69) is 51.4 Å². The Kier molecular flexibility index (Phi) is 6.92. The third kappa shape index (κ3) is 5.61. The smallest absolute Gasteiger partial charge is 0.253 e. The molecule has 2 saturated heterocycles. The Balaban J connectivity index is 1.28. The number of likely N-dealkylation sites (N-methyl/N-ethyl adjacent to an activating group) is 1. The van der Waals surface area contributed by atoms with Gasteiger partial charge < -0.3 is 24.8 Å². The number of amides is 1. The molecule has 0 radical (unpaired) electrons. The van der Waals surface area contributed by atoms with E-state index in [0.29, 0.717) is 11.4 Å². The molecule has 1 amide bonds. The van der Waals surface area contributed by atoms with Gasteiger partial charge in [0.25, 0.3) is 5.91 Å². The van der Waals surface area contributed by atoms with Crippen LogP contribution in [0, 0.1) is 6.92 Å². The summed E-state index contributed by atoms with van der Waals surface area (Å²) in [6, 6.07) is 17.9. The van der Waals surface area contributed by atoms with Gasteiger partial charge in [-0.25, -0.2) is 9.97 Å². The first-order valence-corrected chi connectivity index (χ1v) is 12.2. The van der Waals surface area contributed by atoms with E-state index in [1.54, 1.807) is 0 Å². The van der Waals surface area contributed by atoms with Crippen molar-refractivity contribution in [3.8, 4) is 11.4 Å². The van der Waals surface area contributed by atoms with Crippen LogP contribution in [0.25, 0.3) is 11.4 Å². The zero-order valence-electron chi connectivity index (χ0n) is 20.4. The fourth-order valence-corrected chi connectivity index (χ4v) is 4.44. The third-order valence-corrected chi connectivity index (χ3v) is 6.55. The Morgan fingerprint density at radius 2 is 1.57 bits per heavy atom. The van der Waals surface area contributed by atoms with Crippen LogP contribution in [0.2, 0.25) is 0 Å². The van der Waals surface area contributed by atoms with Crippen molar-refractivity contribution in [3.63, 3.8) is 0 Å². The highest BCUT2D eigenvalue weighted by Crippen LogP contribution is 2.24. The molecular weight excluding hydrogens is 440 g/mol. The van der Waals surface area contributed by atoms with Crippen LogP contribution >= 0.6 is 0 Å². The van der Waals surface area contributed by atoms with Crippen molar-refractivity contribution in [3.05, 3.63) is 65.9 Å². The van der Waals surface area contributed by atoms with Crippen LogP contribution in [0.15, 0.2) is 54.6 Å². The first-order chi connectivity index (χ1) is 17.0. The number of benzene rings is 2. The van der Waals surface area contributed by atoms with Crippen molar-refractivity contribution in [2.75, 3.05) is 69.7 Å². The predicted octanol–water partition coefficient (Wildman–Crippen LogP) is 3.42. The molecule has 2 fully saturated rings. The zero-order chi connectivity index (χ0) is 24.2. The number of aryl methyl sites for hydroxylation is 1. The summed E-state index contributed by atoms with van der Waals surface area (Å²) < 4.78 is 5.44. The maximum Gasteiger partial charge on any atom is 0.253 e. The van der Waals surface area contributed by atoms with Crippen LogP contribution in [0.4, 0.5) is 17.2 Å². The third-order valence-electron chi connectivity index (χ3n) is 6.55. The lowest BCUT2D eigenvalue weighted by Gasteiger charge is -2.32.